The van der Waals surface area contributed by atoms with Crippen LogP contribution in [0.3, 0.4) is 0 Å². The van der Waals surface area contributed by atoms with Crippen LogP contribution in [0, 0.1) is 11.6 Å². The molecule has 0 aliphatic carbocycles. The van der Waals surface area contributed by atoms with Crippen molar-refractivity contribution in [2.45, 2.75) is 18.9 Å². The monoisotopic (exact) mass is 391 g/mol. The second-order valence-electron chi connectivity index (χ2n) is 6.40. The Morgan fingerprint density at radius 3 is 2.86 bits per heavy atom. The molecule has 1 N–H and O–H groups in total. The standard InChI is InChI=1S/C19H16F3N3O3/c20-11-5-6-14(12(21)7-11)24-19(26)25-8-13(22)17(9-25)27-10-18-23-15-3-1-2-4-16(15)28-18/h1-7,13,17H,8-10H2,(H,24,26)/t13-,17+/m1/s1. The molecule has 2 heterocycles. The number of benzene rings is 2. The highest BCUT2D eigenvalue weighted by Crippen LogP contribution is 2.22. The number of alkyl halides is 1. The highest BCUT2D eigenvalue weighted by molar-refractivity contribution is 5.89. The molecule has 28 heavy (non-hydrogen) atoms. The summed E-state index contributed by atoms with van der Waals surface area (Å²) in [6.07, 6.45) is -2.27. The maximum absolute atomic E-state index is 14.3. The van der Waals surface area contributed by atoms with Gasteiger partial charge in [0.25, 0.3) is 0 Å². The van der Waals surface area contributed by atoms with Crippen molar-refractivity contribution in [2.75, 3.05) is 18.4 Å². The fraction of sp³-hybridized carbons (Fsp3) is 0.263. The smallest absolute Gasteiger partial charge is 0.322 e. The van der Waals surface area contributed by atoms with Gasteiger partial charge < -0.3 is 19.4 Å². The van der Waals surface area contributed by atoms with Gasteiger partial charge in [-0.2, -0.15) is 0 Å². The molecule has 1 aliphatic heterocycles. The number of para-hydroxylation sites is 2. The van der Waals surface area contributed by atoms with E-state index in [2.05, 4.69) is 10.3 Å². The van der Waals surface area contributed by atoms with Crippen LogP contribution in [-0.4, -0.2) is 41.3 Å². The van der Waals surface area contributed by atoms with E-state index in [1.165, 1.54) is 4.90 Å². The van der Waals surface area contributed by atoms with Gasteiger partial charge in [0.1, 0.15) is 36.0 Å². The normalized spacial score (nSPS) is 19.3. The van der Waals surface area contributed by atoms with E-state index in [1.54, 1.807) is 12.1 Å². The van der Waals surface area contributed by atoms with Crippen LogP contribution in [0.2, 0.25) is 0 Å². The zero-order valence-electron chi connectivity index (χ0n) is 14.6. The van der Waals surface area contributed by atoms with Gasteiger partial charge in [-0.05, 0) is 24.3 Å². The number of rotatable bonds is 4. The first-order valence-electron chi connectivity index (χ1n) is 8.60. The van der Waals surface area contributed by atoms with Gasteiger partial charge in [0.05, 0.1) is 18.8 Å². The third-order valence-electron chi connectivity index (χ3n) is 4.42. The Hall–Kier alpha value is -3.07. The molecule has 6 nitrogen and oxygen atoms in total. The van der Waals surface area contributed by atoms with Crippen molar-refractivity contribution in [3.05, 3.63) is 60.0 Å². The molecule has 2 atom stereocenters. The minimum absolute atomic E-state index is 0.0178. The van der Waals surface area contributed by atoms with E-state index in [-0.39, 0.29) is 25.4 Å². The number of amides is 2. The Kier molecular flexibility index (Phi) is 4.91. The van der Waals surface area contributed by atoms with E-state index in [1.807, 2.05) is 12.1 Å². The molecular weight excluding hydrogens is 375 g/mol. The van der Waals surface area contributed by atoms with Crippen LogP contribution in [0.15, 0.2) is 46.9 Å². The summed E-state index contributed by atoms with van der Waals surface area (Å²) in [6.45, 7) is -0.259. The Labute approximate surface area is 157 Å². The van der Waals surface area contributed by atoms with Crippen LogP contribution < -0.4 is 5.32 Å². The lowest BCUT2D eigenvalue weighted by Crippen LogP contribution is -2.34. The number of ether oxygens (including phenoxy) is 1. The second-order valence-corrected chi connectivity index (χ2v) is 6.40. The van der Waals surface area contributed by atoms with Crippen molar-refractivity contribution in [3.8, 4) is 0 Å². The minimum atomic E-state index is -1.41. The number of carbonyl (C=O) groups is 1. The lowest BCUT2D eigenvalue weighted by molar-refractivity contribution is 0.00334. The molecule has 0 radical (unpaired) electrons. The Balaban J connectivity index is 1.35. The first-order chi connectivity index (χ1) is 13.5. The molecule has 1 saturated heterocycles. The van der Waals surface area contributed by atoms with Crippen LogP contribution in [0.4, 0.5) is 23.7 Å². The quantitative estimate of drug-likeness (QED) is 0.733. The van der Waals surface area contributed by atoms with Crippen LogP contribution in [0.25, 0.3) is 11.1 Å². The molecule has 1 aromatic heterocycles. The second kappa shape index (κ2) is 7.51. The molecule has 0 unspecified atom stereocenters. The highest BCUT2D eigenvalue weighted by atomic mass is 19.1. The summed E-state index contributed by atoms with van der Waals surface area (Å²) < 4.78 is 51.9. The number of hydrogen-bond acceptors (Lipinski definition) is 4. The third kappa shape index (κ3) is 3.79. The fourth-order valence-electron chi connectivity index (χ4n) is 3.00. The molecule has 146 valence electrons. The van der Waals surface area contributed by atoms with E-state index in [9.17, 15) is 18.0 Å². The molecular formula is C19H16F3N3O3. The largest absolute Gasteiger partial charge is 0.438 e. The van der Waals surface area contributed by atoms with E-state index < -0.39 is 29.9 Å². The van der Waals surface area contributed by atoms with E-state index in [0.717, 1.165) is 12.1 Å². The maximum atomic E-state index is 14.3. The third-order valence-corrected chi connectivity index (χ3v) is 4.42. The van der Waals surface area contributed by atoms with Crippen LogP contribution in [0.5, 0.6) is 0 Å². The van der Waals surface area contributed by atoms with Crippen molar-refractivity contribution in [3.63, 3.8) is 0 Å². The molecule has 0 bridgehead atoms. The lowest BCUT2D eigenvalue weighted by Gasteiger charge is -2.17. The maximum Gasteiger partial charge on any atom is 0.322 e. The van der Waals surface area contributed by atoms with Crippen molar-refractivity contribution in [1.82, 2.24) is 9.88 Å². The molecule has 3 aromatic rings. The van der Waals surface area contributed by atoms with Gasteiger partial charge in [0.2, 0.25) is 5.89 Å². The van der Waals surface area contributed by atoms with Gasteiger partial charge in [-0.25, -0.2) is 22.9 Å². The number of aromatic nitrogens is 1. The fourth-order valence-corrected chi connectivity index (χ4v) is 3.00. The number of oxazole rings is 1. The molecule has 1 aliphatic rings. The highest BCUT2D eigenvalue weighted by Gasteiger charge is 2.36. The topological polar surface area (TPSA) is 67.6 Å². The molecule has 0 saturated carbocycles. The van der Waals surface area contributed by atoms with Crippen LogP contribution >= 0.6 is 0 Å². The average Bonchev–Trinajstić information content (AvgIpc) is 3.25. The summed E-state index contributed by atoms with van der Waals surface area (Å²) in [4.78, 5) is 17.7. The van der Waals surface area contributed by atoms with Crippen LogP contribution in [-0.2, 0) is 11.3 Å². The average molecular weight is 391 g/mol. The molecule has 4 rings (SSSR count). The van der Waals surface area contributed by atoms with E-state index >= 15 is 0 Å². The first kappa shape index (κ1) is 18.3. The van der Waals surface area contributed by atoms with Gasteiger partial charge in [0, 0.05) is 6.07 Å². The summed E-state index contributed by atoms with van der Waals surface area (Å²) in [6, 6.07) is 9.28. The van der Waals surface area contributed by atoms with Gasteiger partial charge in [-0.15, -0.1) is 0 Å². The number of hydrogen-bond donors (Lipinski definition) is 1. The number of nitrogens with zero attached hydrogens (tertiary/aromatic N) is 2. The molecule has 1 fully saturated rings. The number of halogens is 3. The predicted octanol–water partition coefficient (Wildman–Crippen LogP) is 3.88. The number of fused-ring (bicyclic) bond motifs is 1. The first-order valence-corrected chi connectivity index (χ1v) is 8.60. The van der Waals surface area contributed by atoms with Crippen molar-refractivity contribution >= 4 is 22.8 Å². The van der Waals surface area contributed by atoms with Gasteiger partial charge >= 0.3 is 6.03 Å². The number of anilines is 1. The Bertz CT molecular complexity index is 977. The Morgan fingerprint density at radius 2 is 2.07 bits per heavy atom. The Morgan fingerprint density at radius 1 is 1.25 bits per heavy atom. The summed E-state index contributed by atoms with van der Waals surface area (Å²) in [7, 11) is 0. The molecule has 2 aromatic carbocycles. The zero-order chi connectivity index (χ0) is 19.7. The molecule has 9 heteroatoms. The SMILES string of the molecule is O=C(Nc1ccc(F)cc1F)N1C[C@@H](F)[C@@H](OCc2nc3ccccc3o2)C1. The van der Waals surface area contributed by atoms with Gasteiger partial charge in [-0.1, -0.05) is 12.1 Å². The zero-order valence-corrected chi connectivity index (χ0v) is 14.6. The van der Waals surface area contributed by atoms with Crippen molar-refractivity contribution in [2.24, 2.45) is 0 Å². The number of urea groups is 1. The summed E-state index contributed by atoms with van der Waals surface area (Å²) in [5.74, 6) is -1.36. The van der Waals surface area contributed by atoms with Crippen LogP contribution in [0.1, 0.15) is 5.89 Å². The van der Waals surface area contributed by atoms with Crippen molar-refractivity contribution < 1.29 is 27.1 Å². The predicted molar refractivity (Wildman–Crippen MR) is 94.4 cm³/mol. The van der Waals surface area contributed by atoms with E-state index in [0.29, 0.717) is 23.1 Å². The number of nitrogens with one attached hydrogen (secondary N) is 1. The van der Waals surface area contributed by atoms with Gasteiger partial charge in [-0.3, -0.25) is 0 Å². The summed E-state index contributed by atoms with van der Waals surface area (Å²) in [5, 5.41) is 2.30. The summed E-state index contributed by atoms with van der Waals surface area (Å²) >= 11 is 0. The minimum Gasteiger partial charge on any atom is -0.438 e. The lowest BCUT2D eigenvalue weighted by atomic mass is 10.3. The summed E-state index contributed by atoms with van der Waals surface area (Å²) in [5.41, 5.74) is 1.09. The van der Waals surface area contributed by atoms with Gasteiger partial charge in [0.15, 0.2) is 5.58 Å². The number of likely N-dealkylation sites (tertiary alicyclic amines) is 1. The van der Waals surface area contributed by atoms with E-state index in [4.69, 9.17) is 9.15 Å². The molecule has 0 spiro atoms. The number of carbonyl (C=O) groups excluding carboxylic acids is 1. The molecule has 2 amide bonds. The van der Waals surface area contributed by atoms with Crippen molar-refractivity contribution in [1.29, 1.82) is 0 Å².